The Kier molecular flexibility index (Phi) is 6.25. The minimum atomic E-state index is -0.117. The van der Waals surface area contributed by atoms with Gasteiger partial charge >= 0.3 is 0 Å². The number of hydrogen-bond donors (Lipinski definition) is 0. The molecule has 1 aliphatic rings. The second-order valence-electron chi connectivity index (χ2n) is 7.66. The number of likely N-dealkylation sites (N-methyl/N-ethyl adjacent to an activating group) is 1. The Labute approximate surface area is 167 Å². The van der Waals surface area contributed by atoms with Gasteiger partial charge in [0.1, 0.15) is 11.5 Å². The molecule has 5 nitrogen and oxygen atoms in total. The molecule has 2 aromatic rings. The van der Waals surface area contributed by atoms with Crippen LogP contribution in [-0.2, 0) is 11.2 Å². The van der Waals surface area contributed by atoms with Crippen molar-refractivity contribution in [1.82, 2.24) is 4.90 Å². The summed E-state index contributed by atoms with van der Waals surface area (Å²) in [5.74, 6) is 1.81. The van der Waals surface area contributed by atoms with Crippen molar-refractivity contribution in [3.8, 4) is 11.5 Å². The van der Waals surface area contributed by atoms with E-state index in [2.05, 4.69) is 23.1 Å². The molecule has 0 saturated heterocycles. The van der Waals surface area contributed by atoms with E-state index in [0.29, 0.717) is 6.54 Å². The fraction of sp³-hybridized carbons (Fsp3) is 0.435. The van der Waals surface area contributed by atoms with E-state index in [0.717, 1.165) is 41.3 Å². The van der Waals surface area contributed by atoms with E-state index in [1.807, 2.05) is 50.2 Å². The van der Waals surface area contributed by atoms with Gasteiger partial charge in [0.2, 0.25) is 5.91 Å². The molecule has 0 aromatic heterocycles. The molecule has 1 amide bonds. The van der Waals surface area contributed by atoms with Gasteiger partial charge < -0.3 is 19.3 Å². The summed E-state index contributed by atoms with van der Waals surface area (Å²) in [4.78, 5) is 17.5. The molecule has 0 N–H and O–H groups in total. The number of hydrogen-bond acceptors (Lipinski definition) is 4. The Morgan fingerprint density at radius 3 is 2.29 bits per heavy atom. The van der Waals surface area contributed by atoms with Crippen molar-refractivity contribution in [2.75, 3.05) is 46.3 Å². The lowest BCUT2D eigenvalue weighted by molar-refractivity contribution is -0.122. The quantitative estimate of drug-likeness (QED) is 0.766. The van der Waals surface area contributed by atoms with E-state index in [9.17, 15) is 4.79 Å². The normalized spacial score (nSPS) is 19.4. The summed E-state index contributed by atoms with van der Waals surface area (Å²) in [6.07, 6.45) is 0.796. The molecule has 0 radical (unpaired) electrons. The predicted molar refractivity (Wildman–Crippen MR) is 113 cm³/mol. The van der Waals surface area contributed by atoms with E-state index in [4.69, 9.17) is 9.47 Å². The van der Waals surface area contributed by atoms with Crippen LogP contribution in [0.3, 0.4) is 0 Å². The number of anilines is 1. The van der Waals surface area contributed by atoms with Crippen LogP contribution in [0.5, 0.6) is 11.5 Å². The number of ether oxygens (including phenoxy) is 2. The van der Waals surface area contributed by atoms with E-state index < -0.39 is 0 Å². The molecule has 2 aromatic carbocycles. The van der Waals surface area contributed by atoms with Crippen LogP contribution >= 0.6 is 0 Å². The predicted octanol–water partition coefficient (Wildman–Crippen LogP) is 3.57. The zero-order valence-electron chi connectivity index (χ0n) is 17.4. The summed E-state index contributed by atoms with van der Waals surface area (Å²) in [5, 5.41) is 0. The van der Waals surface area contributed by atoms with Crippen molar-refractivity contribution >= 4 is 11.6 Å². The van der Waals surface area contributed by atoms with Crippen molar-refractivity contribution in [3.05, 3.63) is 53.6 Å². The standard InChI is InChI=1S/C23H30N2O3/c1-16-21(17-6-8-19(27-4)9-7-17)15-18-14-20(28-5)10-11-22(18)25(23(16)26)13-12-24(2)3/h6-11,14,16,21H,12-13,15H2,1-5H3. The molecule has 0 aliphatic carbocycles. The lowest BCUT2D eigenvalue weighted by Gasteiger charge is -2.27. The Morgan fingerprint density at radius 2 is 1.68 bits per heavy atom. The van der Waals surface area contributed by atoms with E-state index in [1.165, 1.54) is 0 Å². The zero-order chi connectivity index (χ0) is 20.3. The van der Waals surface area contributed by atoms with E-state index in [1.54, 1.807) is 14.2 Å². The molecule has 2 unspecified atom stereocenters. The van der Waals surface area contributed by atoms with Crippen LogP contribution < -0.4 is 14.4 Å². The molecule has 0 saturated carbocycles. The fourth-order valence-corrected chi connectivity index (χ4v) is 3.85. The van der Waals surface area contributed by atoms with Crippen LogP contribution in [0.15, 0.2) is 42.5 Å². The minimum absolute atomic E-state index is 0.105. The minimum Gasteiger partial charge on any atom is -0.497 e. The number of carbonyl (C=O) groups excluding carboxylic acids is 1. The maximum atomic E-state index is 13.4. The van der Waals surface area contributed by atoms with Gasteiger partial charge in [0, 0.05) is 24.7 Å². The smallest absolute Gasteiger partial charge is 0.230 e. The first-order valence-corrected chi connectivity index (χ1v) is 9.71. The van der Waals surface area contributed by atoms with Gasteiger partial charge in [-0.2, -0.15) is 0 Å². The summed E-state index contributed by atoms with van der Waals surface area (Å²) >= 11 is 0. The largest absolute Gasteiger partial charge is 0.497 e. The van der Waals surface area contributed by atoms with Crippen LogP contribution in [0.25, 0.3) is 0 Å². The molecule has 2 atom stereocenters. The summed E-state index contributed by atoms with van der Waals surface area (Å²) in [5.41, 5.74) is 3.30. The van der Waals surface area contributed by atoms with E-state index >= 15 is 0 Å². The third-order valence-corrected chi connectivity index (χ3v) is 5.59. The van der Waals surface area contributed by atoms with Crippen LogP contribution in [0.4, 0.5) is 5.69 Å². The van der Waals surface area contributed by atoms with Crippen LogP contribution in [-0.4, -0.2) is 52.2 Å². The third kappa shape index (κ3) is 4.14. The summed E-state index contributed by atoms with van der Waals surface area (Å²) in [6.45, 7) is 3.53. The van der Waals surface area contributed by atoms with Gasteiger partial charge in [-0.3, -0.25) is 4.79 Å². The SMILES string of the molecule is COc1ccc(C2Cc3cc(OC)ccc3N(CCN(C)C)C(=O)C2C)cc1. The maximum Gasteiger partial charge on any atom is 0.230 e. The number of carbonyl (C=O) groups is 1. The second-order valence-corrected chi connectivity index (χ2v) is 7.66. The lowest BCUT2D eigenvalue weighted by Crippen LogP contribution is -2.40. The van der Waals surface area contributed by atoms with Gasteiger partial charge in [0.15, 0.2) is 0 Å². The summed E-state index contributed by atoms with van der Waals surface area (Å²) in [6, 6.07) is 14.1. The monoisotopic (exact) mass is 382 g/mol. The molecule has 0 fully saturated rings. The Morgan fingerprint density at radius 1 is 1.04 bits per heavy atom. The Balaban J connectivity index is 2.02. The van der Waals surface area contributed by atoms with Crippen molar-refractivity contribution in [1.29, 1.82) is 0 Å². The first-order valence-electron chi connectivity index (χ1n) is 9.71. The molecule has 3 rings (SSSR count). The van der Waals surface area contributed by atoms with Crippen molar-refractivity contribution in [3.63, 3.8) is 0 Å². The van der Waals surface area contributed by atoms with Crippen LogP contribution in [0.1, 0.15) is 24.0 Å². The number of nitrogens with zero attached hydrogens (tertiary/aromatic N) is 2. The van der Waals surface area contributed by atoms with Crippen molar-refractivity contribution in [2.45, 2.75) is 19.3 Å². The highest BCUT2D eigenvalue weighted by molar-refractivity contribution is 5.97. The molecule has 1 heterocycles. The first kappa shape index (κ1) is 20.2. The van der Waals surface area contributed by atoms with Gasteiger partial charge in [-0.05, 0) is 67.9 Å². The van der Waals surface area contributed by atoms with Gasteiger partial charge in [-0.25, -0.2) is 0 Å². The molecule has 0 bridgehead atoms. The second kappa shape index (κ2) is 8.65. The van der Waals surface area contributed by atoms with Crippen LogP contribution in [0.2, 0.25) is 0 Å². The third-order valence-electron chi connectivity index (χ3n) is 5.59. The number of benzene rings is 2. The molecule has 0 spiro atoms. The Hall–Kier alpha value is -2.53. The maximum absolute atomic E-state index is 13.4. The van der Waals surface area contributed by atoms with Gasteiger partial charge in [-0.1, -0.05) is 19.1 Å². The number of methoxy groups -OCH3 is 2. The van der Waals surface area contributed by atoms with Gasteiger partial charge in [0.25, 0.3) is 0 Å². The highest BCUT2D eigenvalue weighted by Gasteiger charge is 2.35. The molecule has 5 heteroatoms. The molecular formula is C23H30N2O3. The zero-order valence-corrected chi connectivity index (χ0v) is 17.4. The van der Waals surface area contributed by atoms with Crippen molar-refractivity contribution in [2.24, 2.45) is 5.92 Å². The van der Waals surface area contributed by atoms with Crippen molar-refractivity contribution < 1.29 is 14.3 Å². The highest BCUT2D eigenvalue weighted by atomic mass is 16.5. The number of fused-ring (bicyclic) bond motifs is 1. The highest BCUT2D eigenvalue weighted by Crippen LogP contribution is 2.39. The number of amides is 1. The van der Waals surface area contributed by atoms with Crippen LogP contribution in [0, 0.1) is 5.92 Å². The lowest BCUT2D eigenvalue weighted by atomic mass is 9.83. The molecule has 28 heavy (non-hydrogen) atoms. The molecular weight excluding hydrogens is 352 g/mol. The van der Waals surface area contributed by atoms with Gasteiger partial charge in [-0.15, -0.1) is 0 Å². The van der Waals surface area contributed by atoms with E-state index in [-0.39, 0.29) is 17.7 Å². The van der Waals surface area contributed by atoms with Gasteiger partial charge in [0.05, 0.1) is 14.2 Å². The Bertz CT molecular complexity index is 817. The summed E-state index contributed by atoms with van der Waals surface area (Å²) in [7, 11) is 7.40. The average Bonchev–Trinajstić information content (AvgIpc) is 2.81. The molecule has 150 valence electrons. The average molecular weight is 383 g/mol. The first-order chi connectivity index (χ1) is 13.4. The summed E-state index contributed by atoms with van der Waals surface area (Å²) < 4.78 is 10.7. The fourth-order valence-electron chi connectivity index (χ4n) is 3.85. The topological polar surface area (TPSA) is 42.0 Å². The number of rotatable bonds is 6. The molecule has 1 aliphatic heterocycles.